The third kappa shape index (κ3) is 8.05. The van der Waals surface area contributed by atoms with Crippen LogP contribution in [0.5, 0.6) is 11.5 Å². The van der Waals surface area contributed by atoms with Crippen molar-refractivity contribution < 1.29 is 9.47 Å². The molecule has 1 atom stereocenters. The molecule has 0 amide bonds. The van der Waals surface area contributed by atoms with Crippen molar-refractivity contribution in [2.24, 2.45) is 0 Å². The number of nitrogens with one attached hydrogen (secondary N) is 1. The molecule has 1 unspecified atom stereocenters. The van der Waals surface area contributed by atoms with E-state index >= 15 is 0 Å². The second-order valence-electron chi connectivity index (χ2n) is 10.1. The predicted octanol–water partition coefficient (Wildman–Crippen LogP) is 7.70. The van der Waals surface area contributed by atoms with Gasteiger partial charge in [-0.2, -0.15) is 0 Å². The summed E-state index contributed by atoms with van der Waals surface area (Å²) in [6.45, 7) is 8.60. The number of aryl methyl sites for hydroxylation is 1. The van der Waals surface area contributed by atoms with Gasteiger partial charge in [-0.3, -0.25) is 0 Å². The van der Waals surface area contributed by atoms with Crippen LogP contribution in [-0.4, -0.2) is 48.2 Å². The summed E-state index contributed by atoms with van der Waals surface area (Å²) in [5, 5.41) is 4.49. The summed E-state index contributed by atoms with van der Waals surface area (Å²) < 4.78 is 12.9. The van der Waals surface area contributed by atoms with Crippen molar-refractivity contribution in [3.63, 3.8) is 0 Å². The Morgan fingerprint density at radius 3 is 2.54 bits per heavy atom. The lowest BCUT2D eigenvalue weighted by Gasteiger charge is -2.26. The molecule has 2 heterocycles. The number of benzene rings is 2. The van der Waals surface area contributed by atoms with Gasteiger partial charge in [0.05, 0.1) is 25.3 Å². The van der Waals surface area contributed by atoms with Crippen LogP contribution in [0, 0.1) is 6.92 Å². The molecule has 3 aromatic rings. The molecule has 0 saturated carbocycles. The first-order chi connectivity index (χ1) is 18.0. The Kier molecular flexibility index (Phi) is 10.4. The smallest absolute Gasteiger partial charge is 0.163 e. The zero-order valence-electron chi connectivity index (χ0n) is 22.6. The van der Waals surface area contributed by atoms with Crippen molar-refractivity contribution in [1.29, 1.82) is 0 Å². The normalized spacial score (nSPS) is 15.0. The van der Waals surface area contributed by atoms with Gasteiger partial charge in [0.15, 0.2) is 11.5 Å². The Hall–Kier alpha value is -2.38. The first-order valence-corrected chi connectivity index (χ1v) is 14.6. The number of hydrogen-bond donors (Lipinski definition) is 1. The summed E-state index contributed by atoms with van der Waals surface area (Å²) >= 11 is 3.56. The van der Waals surface area contributed by atoms with E-state index < -0.39 is 0 Å². The maximum Gasteiger partial charge on any atom is 0.163 e. The van der Waals surface area contributed by atoms with Gasteiger partial charge < -0.3 is 19.7 Å². The molecule has 37 heavy (non-hydrogen) atoms. The first-order valence-electron chi connectivity index (χ1n) is 13.8. The largest absolute Gasteiger partial charge is 0.493 e. The van der Waals surface area contributed by atoms with Gasteiger partial charge in [0.2, 0.25) is 0 Å². The Labute approximate surface area is 230 Å². The standard InChI is InChI=1S/C30H41BrN4O2/c1-22(24-13-12-14-25(31)19-24)32-30-26-20-28(36-3)29(21-27(26)33-23(2)34-30)37-18-11-6-4-5-8-15-35-16-9-7-10-17-35/h12-14,19-22H,4-11,15-18H2,1-3H3,(H,32,33,34). The van der Waals surface area contributed by atoms with Gasteiger partial charge in [0, 0.05) is 15.9 Å². The Bertz CT molecular complexity index is 1150. The van der Waals surface area contributed by atoms with Gasteiger partial charge in [-0.05, 0) is 82.9 Å². The summed E-state index contributed by atoms with van der Waals surface area (Å²) in [4.78, 5) is 12.0. The molecule has 0 bridgehead atoms. The average molecular weight is 570 g/mol. The van der Waals surface area contributed by atoms with Crippen molar-refractivity contribution in [2.75, 3.05) is 38.7 Å². The van der Waals surface area contributed by atoms with E-state index in [2.05, 4.69) is 50.2 Å². The molecular weight excluding hydrogens is 528 g/mol. The zero-order valence-corrected chi connectivity index (χ0v) is 24.1. The van der Waals surface area contributed by atoms with E-state index in [-0.39, 0.29) is 6.04 Å². The van der Waals surface area contributed by atoms with Gasteiger partial charge in [0.1, 0.15) is 11.6 Å². The number of halogens is 1. The lowest BCUT2D eigenvalue weighted by molar-refractivity contribution is 0.223. The lowest BCUT2D eigenvalue weighted by atomic mass is 10.1. The van der Waals surface area contributed by atoms with Crippen LogP contribution in [0.4, 0.5) is 5.82 Å². The summed E-state index contributed by atoms with van der Waals surface area (Å²) in [5.41, 5.74) is 2.03. The summed E-state index contributed by atoms with van der Waals surface area (Å²) in [6.07, 6.45) is 10.3. The molecule has 0 spiro atoms. The van der Waals surface area contributed by atoms with Gasteiger partial charge in [-0.25, -0.2) is 9.97 Å². The summed E-state index contributed by atoms with van der Waals surface area (Å²) in [6, 6.07) is 12.4. The van der Waals surface area contributed by atoms with Crippen LogP contribution in [0.1, 0.15) is 75.7 Å². The molecule has 1 aromatic heterocycles. The highest BCUT2D eigenvalue weighted by molar-refractivity contribution is 9.10. The van der Waals surface area contributed by atoms with Crippen molar-refractivity contribution in [3.8, 4) is 11.5 Å². The molecule has 1 fully saturated rings. The van der Waals surface area contributed by atoms with Crippen LogP contribution in [0.25, 0.3) is 10.9 Å². The van der Waals surface area contributed by atoms with Crippen molar-refractivity contribution >= 4 is 32.7 Å². The number of anilines is 1. The minimum atomic E-state index is 0.0803. The van der Waals surface area contributed by atoms with E-state index in [0.717, 1.165) is 39.2 Å². The highest BCUT2D eigenvalue weighted by Crippen LogP contribution is 2.35. The van der Waals surface area contributed by atoms with Crippen molar-refractivity contribution in [1.82, 2.24) is 14.9 Å². The summed E-state index contributed by atoms with van der Waals surface area (Å²) in [5.74, 6) is 2.96. The molecule has 0 radical (unpaired) electrons. The fourth-order valence-electron chi connectivity index (χ4n) is 5.03. The number of rotatable bonds is 13. The van der Waals surface area contributed by atoms with Crippen LogP contribution >= 0.6 is 15.9 Å². The number of aromatic nitrogens is 2. The van der Waals surface area contributed by atoms with E-state index in [1.54, 1.807) is 7.11 Å². The third-order valence-electron chi connectivity index (χ3n) is 7.12. The summed E-state index contributed by atoms with van der Waals surface area (Å²) in [7, 11) is 1.68. The number of nitrogens with zero attached hydrogens (tertiary/aromatic N) is 3. The molecule has 7 heteroatoms. The van der Waals surface area contributed by atoms with Gasteiger partial charge >= 0.3 is 0 Å². The molecule has 1 N–H and O–H groups in total. The van der Waals surface area contributed by atoms with Gasteiger partial charge in [-0.15, -0.1) is 0 Å². The maximum absolute atomic E-state index is 6.16. The fraction of sp³-hybridized carbons (Fsp3) is 0.533. The SMILES string of the molecule is COc1cc2c(NC(C)c3cccc(Br)c3)nc(C)nc2cc1OCCCCCCCN1CCCCC1. The molecule has 1 aliphatic heterocycles. The second kappa shape index (κ2) is 14.0. The van der Waals surface area contributed by atoms with Crippen molar-refractivity contribution in [2.45, 2.75) is 71.3 Å². The van der Waals surface area contributed by atoms with Crippen LogP contribution in [0.3, 0.4) is 0 Å². The predicted molar refractivity (Wildman–Crippen MR) is 156 cm³/mol. The van der Waals surface area contributed by atoms with E-state index in [4.69, 9.17) is 14.5 Å². The lowest BCUT2D eigenvalue weighted by Crippen LogP contribution is -2.30. The van der Waals surface area contributed by atoms with Crippen LogP contribution in [-0.2, 0) is 0 Å². The van der Waals surface area contributed by atoms with Gasteiger partial charge in [-0.1, -0.05) is 53.7 Å². The highest BCUT2D eigenvalue weighted by atomic mass is 79.9. The number of methoxy groups -OCH3 is 1. The van der Waals surface area contributed by atoms with Crippen molar-refractivity contribution in [3.05, 3.63) is 52.3 Å². The second-order valence-corrected chi connectivity index (χ2v) is 11.0. The number of hydrogen-bond acceptors (Lipinski definition) is 6. The zero-order chi connectivity index (χ0) is 26.0. The maximum atomic E-state index is 6.16. The van der Waals surface area contributed by atoms with Gasteiger partial charge in [0.25, 0.3) is 0 Å². The Morgan fingerprint density at radius 1 is 0.973 bits per heavy atom. The molecule has 4 rings (SSSR count). The molecule has 6 nitrogen and oxygen atoms in total. The third-order valence-corrected chi connectivity index (χ3v) is 7.61. The topological polar surface area (TPSA) is 59.5 Å². The first kappa shape index (κ1) is 27.6. The van der Waals surface area contributed by atoms with Crippen LogP contribution < -0.4 is 14.8 Å². The average Bonchev–Trinajstić information content (AvgIpc) is 2.90. The molecule has 1 aliphatic rings. The number of fused-ring (bicyclic) bond motifs is 1. The monoisotopic (exact) mass is 568 g/mol. The van der Waals surface area contributed by atoms with E-state index in [0.29, 0.717) is 12.4 Å². The number of piperidine rings is 1. The Morgan fingerprint density at radius 2 is 1.76 bits per heavy atom. The van der Waals surface area contributed by atoms with E-state index in [9.17, 15) is 0 Å². The molecule has 0 aliphatic carbocycles. The van der Waals surface area contributed by atoms with E-state index in [1.165, 1.54) is 70.1 Å². The number of ether oxygens (including phenoxy) is 2. The van der Waals surface area contributed by atoms with E-state index in [1.807, 2.05) is 31.2 Å². The molecule has 200 valence electrons. The Balaban J connectivity index is 1.32. The number of likely N-dealkylation sites (tertiary alicyclic amines) is 1. The fourth-order valence-corrected chi connectivity index (χ4v) is 5.45. The van der Waals surface area contributed by atoms with Crippen LogP contribution in [0.2, 0.25) is 0 Å². The number of unbranched alkanes of at least 4 members (excludes halogenated alkanes) is 4. The minimum Gasteiger partial charge on any atom is -0.493 e. The molecule has 1 saturated heterocycles. The molecular formula is C30H41BrN4O2. The minimum absolute atomic E-state index is 0.0803. The highest BCUT2D eigenvalue weighted by Gasteiger charge is 2.15. The van der Waals surface area contributed by atoms with Crippen LogP contribution in [0.15, 0.2) is 40.9 Å². The molecule has 2 aromatic carbocycles. The quantitative estimate of drug-likeness (QED) is 0.213.